The highest BCUT2D eigenvalue weighted by molar-refractivity contribution is 7.90. The summed E-state index contributed by atoms with van der Waals surface area (Å²) in [6.07, 6.45) is 1.14. The summed E-state index contributed by atoms with van der Waals surface area (Å²) in [4.78, 5) is 20.0. The molecule has 0 spiro atoms. The van der Waals surface area contributed by atoms with E-state index in [0.29, 0.717) is 22.3 Å². The van der Waals surface area contributed by atoms with Gasteiger partial charge in [-0.05, 0) is 54.4 Å². The van der Waals surface area contributed by atoms with E-state index in [1.54, 1.807) is 4.90 Å². The van der Waals surface area contributed by atoms with Gasteiger partial charge in [0, 0.05) is 16.8 Å². The Balaban J connectivity index is 1.77. The van der Waals surface area contributed by atoms with E-state index in [2.05, 4.69) is 0 Å². The minimum atomic E-state index is -3.34. The van der Waals surface area contributed by atoms with Crippen LogP contribution < -0.4 is 4.90 Å². The van der Waals surface area contributed by atoms with E-state index in [4.69, 9.17) is 16.6 Å². The summed E-state index contributed by atoms with van der Waals surface area (Å²) in [6, 6.07) is 19.3. The lowest BCUT2D eigenvalue weighted by Gasteiger charge is -2.20. The van der Waals surface area contributed by atoms with Crippen LogP contribution >= 0.6 is 22.9 Å². The van der Waals surface area contributed by atoms with Crippen LogP contribution in [0.5, 0.6) is 0 Å². The number of carbonyl (C=O) groups excluding carboxylic acids is 1. The molecule has 0 saturated heterocycles. The van der Waals surface area contributed by atoms with Gasteiger partial charge in [-0.25, -0.2) is 13.4 Å². The summed E-state index contributed by atoms with van der Waals surface area (Å²) in [7, 11) is -3.34. The summed E-state index contributed by atoms with van der Waals surface area (Å²) in [5.41, 5.74) is 2.98. The number of carbonyl (C=O) groups is 1. The summed E-state index contributed by atoms with van der Waals surface area (Å²) in [5, 5.41) is 1.18. The third-order valence-electron chi connectivity index (χ3n) is 4.93. The molecule has 158 valence electrons. The van der Waals surface area contributed by atoms with Crippen molar-refractivity contribution in [3.8, 4) is 0 Å². The molecule has 0 saturated carbocycles. The van der Waals surface area contributed by atoms with E-state index in [9.17, 15) is 13.2 Å². The first-order chi connectivity index (χ1) is 14.7. The fraction of sp³-hybridized carbons (Fsp3) is 0.130. The number of hydrogen-bond acceptors (Lipinski definition) is 5. The minimum Gasteiger partial charge on any atom is -0.279 e. The minimum absolute atomic E-state index is 0.170. The monoisotopic (exact) mass is 470 g/mol. The number of halogens is 1. The topological polar surface area (TPSA) is 67.3 Å². The van der Waals surface area contributed by atoms with Gasteiger partial charge in [-0.2, -0.15) is 0 Å². The lowest BCUT2D eigenvalue weighted by molar-refractivity contribution is 0.0985. The molecule has 1 aromatic heterocycles. The molecular formula is C23H19ClN2O3S2. The highest BCUT2D eigenvalue weighted by Crippen LogP contribution is 2.34. The van der Waals surface area contributed by atoms with E-state index in [1.807, 2.05) is 49.4 Å². The smallest absolute Gasteiger partial charge is 0.260 e. The normalized spacial score (nSPS) is 11.6. The van der Waals surface area contributed by atoms with Crippen LogP contribution in [0, 0.1) is 6.92 Å². The van der Waals surface area contributed by atoms with Crippen molar-refractivity contribution in [3.63, 3.8) is 0 Å². The standard InChI is InChI=1S/C23H19ClN2O3S2/c1-15-19(24)12-13-20-21(15)25-23(30-20)26(14-16-6-4-3-5-7-16)22(27)17-8-10-18(11-9-17)31(2,28)29/h3-13H,14H2,1-2H3. The van der Waals surface area contributed by atoms with Gasteiger partial charge in [0.05, 0.1) is 21.7 Å². The number of nitrogens with zero attached hydrogens (tertiary/aromatic N) is 2. The molecule has 5 nitrogen and oxygen atoms in total. The zero-order valence-corrected chi connectivity index (χ0v) is 19.3. The zero-order valence-electron chi connectivity index (χ0n) is 16.9. The van der Waals surface area contributed by atoms with E-state index in [-0.39, 0.29) is 10.8 Å². The van der Waals surface area contributed by atoms with Crippen LogP contribution in [0.4, 0.5) is 5.13 Å². The molecule has 0 unspecified atom stereocenters. The molecule has 0 bridgehead atoms. The van der Waals surface area contributed by atoms with Gasteiger partial charge in [0.2, 0.25) is 0 Å². The predicted octanol–water partition coefficient (Wildman–Crippen LogP) is 5.51. The number of hydrogen-bond donors (Lipinski definition) is 0. The Morgan fingerprint density at radius 3 is 2.35 bits per heavy atom. The maximum absolute atomic E-state index is 13.5. The molecule has 0 atom stereocenters. The molecule has 0 aliphatic carbocycles. The second-order valence-electron chi connectivity index (χ2n) is 7.19. The SMILES string of the molecule is Cc1c(Cl)ccc2sc(N(Cc3ccccc3)C(=O)c3ccc(S(C)(=O)=O)cc3)nc12. The first-order valence-electron chi connectivity index (χ1n) is 9.45. The number of benzene rings is 3. The van der Waals surface area contributed by atoms with Crippen LogP contribution in [0.25, 0.3) is 10.2 Å². The van der Waals surface area contributed by atoms with Crippen molar-refractivity contribution in [1.82, 2.24) is 4.98 Å². The quantitative estimate of drug-likeness (QED) is 0.385. The molecule has 3 aromatic carbocycles. The number of fused-ring (bicyclic) bond motifs is 1. The predicted molar refractivity (Wildman–Crippen MR) is 126 cm³/mol. The van der Waals surface area contributed by atoms with E-state index < -0.39 is 9.84 Å². The van der Waals surface area contributed by atoms with Gasteiger partial charge in [0.25, 0.3) is 5.91 Å². The number of rotatable bonds is 5. The van der Waals surface area contributed by atoms with Gasteiger partial charge in [-0.1, -0.05) is 53.3 Å². The van der Waals surface area contributed by atoms with Crippen LogP contribution in [0.1, 0.15) is 21.5 Å². The zero-order chi connectivity index (χ0) is 22.2. The third kappa shape index (κ3) is 4.49. The van der Waals surface area contributed by atoms with Gasteiger partial charge in [-0.15, -0.1) is 0 Å². The molecule has 4 rings (SSSR count). The van der Waals surface area contributed by atoms with Crippen molar-refractivity contribution in [2.45, 2.75) is 18.4 Å². The lowest BCUT2D eigenvalue weighted by atomic mass is 10.1. The van der Waals surface area contributed by atoms with Crippen molar-refractivity contribution < 1.29 is 13.2 Å². The van der Waals surface area contributed by atoms with E-state index in [0.717, 1.165) is 27.6 Å². The second kappa shape index (κ2) is 8.42. The number of aromatic nitrogens is 1. The van der Waals surface area contributed by atoms with Crippen LogP contribution in [0.3, 0.4) is 0 Å². The van der Waals surface area contributed by atoms with Gasteiger partial charge in [0.15, 0.2) is 15.0 Å². The number of anilines is 1. The first-order valence-corrected chi connectivity index (χ1v) is 12.5. The first kappa shape index (κ1) is 21.5. The Morgan fingerprint density at radius 1 is 1.03 bits per heavy atom. The fourth-order valence-corrected chi connectivity index (χ4v) is 5.00. The average Bonchev–Trinajstić information content (AvgIpc) is 3.19. The summed E-state index contributed by atoms with van der Waals surface area (Å²) in [5.74, 6) is -0.258. The Morgan fingerprint density at radius 2 is 1.71 bits per heavy atom. The molecule has 0 N–H and O–H groups in total. The highest BCUT2D eigenvalue weighted by atomic mass is 35.5. The molecule has 4 aromatic rings. The molecule has 1 amide bonds. The largest absolute Gasteiger partial charge is 0.279 e. The van der Waals surface area contributed by atoms with E-state index >= 15 is 0 Å². The van der Waals surface area contributed by atoms with Crippen LogP contribution in [0.2, 0.25) is 5.02 Å². The number of thiazole rings is 1. The maximum atomic E-state index is 13.5. The lowest BCUT2D eigenvalue weighted by Crippen LogP contribution is -2.30. The molecule has 0 fully saturated rings. The Labute approximate surface area is 189 Å². The molecule has 8 heteroatoms. The second-order valence-corrected chi connectivity index (χ2v) is 10.6. The van der Waals surface area contributed by atoms with Crippen molar-refractivity contribution >= 4 is 54.0 Å². The van der Waals surface area contributed by atoms with Gasteiger partial charge in [-0.3, -0.25) is 9.69 Å². The Bertz CT molecular complexity index is 1370. The number of amides is 1. The summed E-state index contributed by atoms with van der Waals surface area (Å²) in [6.45, 7) is 2.24. The summed E-state index contributed by atoms with van der Waals surface area (Å²) >= 11 is 7.67. The maximum Gasteiger partial charge on any atom is 0.260 e. The fourth-order valence-electron chi connectivity index (χ4n) is 3.20. The van der Waals surface area contributed by atoms with Crippen LogP contribution in [0.15, 0.2) is 71.6 Å². The molecular weight excluding hydrogens is 452 g/mol. The van der Waals surface area contributed by atoms with Crippen molar-refractivity contribution in [3.05, 3.63) is 88.4 Å². The van der Waals surface area contributed by atoms with Gasteiger partial charge >= 0.3 is 0 Å². The number of aryl methyl sites for hydroxylation is 1. The van der Waals surface area contributed by atoms with Gasteiger partial charge in [0.1, 0.15) is 0 Å². The van der Waals surface area contributed by atoms with Gasteiger partial charge < -0.3 is 0 Å². The highest BCUT2D eigenvalue weighted by Gasteiger charge is 2.23. The molecule has 0 aliphatic heterocycles. The average molecular weight is 471 g/mol. The summed E-state index contributed by atoms with van der Waals surface area (Å²) < 4.78 is 24.4. The third-order valence-corrected chi connectivity index (χ3v) is 7.51. The number of sulfone groups is 1. The van der Waals surface area contributed by atoms with Crippen LogP contribution in [-0.4, -0.2) is 25.6 Å². The molecule has 31 heavy (non-hydrogen) atoms. The van der Waals surface area contributed by atoms with Crippen molar-refractivity contribution in [2.75, 3.05) is 11.2 Å². The molecule has 0 radical (unpaired) electrons. The Kier molecular flexibility index (Phi) is 5.83. The Hall–Kier alpha value is -2.74. The van der Waals surface area contributed by atoms with Crippen molar-refractivity contribution in [1.29, 1.82) is 0 Å². The van der Waals surface area contributed by atoms with E-state index in [1.165, 1.54) is 35.6 Å². The van der Waals surface area contributed by atoms with Crippen molar-refractivity contribution in [2.24, 2.45) is 0 Å². The molecule has 1 heterocycles. The van der Waals surface area contributed by atoms with Crippen LogP contribution in [-0.2, 0) is 16.4 Å². The molecule has 0 aliphatic rings.